The van der Waals surface area contributed by atoms with Crippen molar-refractivity contribution in [2.24, 2.45) is 0 Å². The van der Waals surface area contributed by atoms with Crippen LogP contribution in [0.1, 0.15) is 17.1 Å². The molecule has 0 spiro atoms. The lowest BCUT2D eigenvalue weighted by atomic mass is 10.2. The molecule has 0 atom stereocenters. The molecule has 2 aromatic heterocycles. The Bertz CT molecular complexity index is 483. The molecule has 19 heavy (non-hydrogen) atoms. The molecule has 0 aliphatic heterocycles. The third-order valence-corrected chi connectivity index (χ3v) is 2.87. The minimum atomic E-state index is 0.737. The van der Waals surface area contributed by atoms with Gasteiger partial charge in [-0.05, 0) is 26.2 Å². The van der Waals surface area contributed by atoms with E-state index in [9.17, 15) is 0 Å². The molecule has 0 radical (unpaired) electrons. The Morgan fingerprint density at radius 2 is 2.21 bits per heavy atom. The second-order valence-corrected chi connectivity index (χ2v) is 4.62. The van der Waals surface area contributed by atoms with Crippen molar-refractivity contribution in [2.45, 2.75) is 19.5 Å². The fraction of sp³-hybridized carbons (Fsp3) is 0.429. The van der Waals surface area contributed by atoms with Gasteiger partial charge in [0.05, 0.1) is 12.2 Å². The first-order valence-electron chi connectivity index (χ1n) is 6.45. The van der Waals surface area contributed by atoms with Crippen LogP contribution < -0.4 is 5.32 Å². The number of nitrogens with one attached hydrogen (secondary N) is 1. The molecule has 0 bridgehead atoms. The Kier molecular flexibility index (Phi) is 5.06. The SMILES string of the molecule is CNCc1cc(CN(C)CCc2ccccn2)on1. The van der Waals surface area contributed by atoms with Crippen molar-refractivity contribution in [3.05, 3.63) is 47.6 Å². The molecule has 2 aromatic rings. The highest BCUT2D eigenvalue weighted by Gasteiger charge is 2.07. The largest absolute Gasteiger partial charge is 0.360 e. The highest BCUT2D eigenvalue weighted by Crippen LogP contribution is 2.07. The Labute approximate surface area is 113 Å². The summed E-state index contributed by atoms with van der Waals surface area (Å²) in [6, 6.07) is 7.99. The molecule has 0 amide bonds. The number of hydrogen-bond acceptors (Lipinski definition) is 5. The average Bonchev–Trinajstić information content (AvgIpc) is 2.85. The van der Waals surface area contributed by atoms with Gasteiger partial charge in [0.1, 0.15) is 0 Å². The molecular weight excluding hydrogens is 240 g/mol. The lowest BCUT2D eigenvalue weighted by molar-refractivity contribution is 0.273. The van der Waals surface area contributed by atoms with Crippen LogP contribution in [0.4, 0.5) is 0 Å². The maximum absolute atomic E-state index is 5.29. The van der Waals surface area contributed by atoms with Crippen LogP contribution in [-0.4, -0.2) is 35.7 Å². The second kappa shape index (κ2) is 7.01. The molecule has 0 unspecified atom stereocenters. The van der Waals surface area contributed by atoms with Gasteiger partial charge in [0.25, 0.3) is 0 Å². The number of nitrogens with zero attached hydrogens (tertiary/aromatic N) is 3. The van der Waals surface area contributed by atoms with Gasteiger partial charge in [0, 0.05) is 37.5 Å². The Morgan fingerprint density at radius 1 is 1.32 bits per heavy atom. The summed E-state index contributed by atoms with van der Waals surface area (Å²) >= 11 is 0. The highest BCUT2D eigenvalue weighted by molar-refractivity contribution is 5.06. The summed E-state index contributed by atoms with van der Waals surface area (Å²) in [4.78, 5) is 6.52. The van der Waals surface area contributed by atoms with Crippen molar-refractivity contribution < 1.29 is 4.52 Å². The molecule has 1 N–H and O–H groups in total. The summed E-state index contributed by atoms with van der Waals surface area (Å²) in [5.41, 5.74) is 2.05. The topological polar surface area (TPSA) is 54.2 Å². The molecular formula is C14H20N4O. The normalized spacial score (nSPS) is 11.1. The summed E-state index contributed by atoms with van der Waals surface area (Å²) in [5, 5.41) is 7.05. The van der Waals surface area contributed by atoms with Crippen LogP contribution in [0.25, 0.3) is 0 Å². The second-order valence-electron chi connectivity index (χ2n) is 4.62. The fourth-order valence-electron chi connectivity index (χ4n) is 1.89. The van der Waals surface area contributed by atoms with E-state index < -0.39 is 0 Å². The van der Waals surface area contributed by atoms with Crippen LogP contribution in [0.5, 0.6) is 0 Å². The van der Waals surface area contributed by atoms with Crippen molar-refractivity contribution in [1.29, 1.82) is 0 Å². The average molecular weight is 260 g/mol. The monoisotopic (exact) mass is 260 g/mol. The van der Waals surface area contributed by atoms with Crippen molar-refractivity contribution in [2.75, 3.05) is 20.6 Å². The number of aromatic nitrogens is 2. The van der Waals surface area contributed by atoms with E-state index in [1.165, 1.54) is 0 Å². The number of hydrogen-bond donors (Lipinski definition) is 1. The third kappa shape index (κ3) is 4.46. The van der Waals surface area contributed by atoms with E-state index in [4.69, 9.17) is 4.52 Å². The van der Waals surface area contributed by atoms with Crippen LogP contribution in [0.15, 0.2) is 35.0 Å². The quantitative estimate of drug-likeness (QED) is 0.817. The molecule has 5 heteroatoms. The Morgan fingerprint density at radius 3 is 2.95 bits per heavy atom. The highest BCUT2D eigenvalue weighted by atomic mass is 16.5. The smallest absolute Gasteiger partial charge is 0.151 e. The van der Waals surface area contributed by atoms with E-state index in [-0.39, 0.29) is 0 Å². The summed E-state index contributed by atoms with van der Waals surface area (Å²) < 4.78 is 5.29. The van der Waals surface area contributed by atoms with Crippen LogP contribution >= 0.6 is 0 Å². The first-order valence-corrected chi connectivity index (χ1v) is 6.45. The Hall–Kier alpha value is -1.72. The minimum absolute atomic E-state index is 0.737. The number of rotatable bonds is 7. The number of pyridine rings is 1. The summed E-state index contributed by atoms with van der Waals surface area (Å²) in [6.07, 6.45) is 2.77. The zero-order valence-electron chi connectivity index (χ0n) is 11.5. The molecule has 2 heterocycles. The van der Waals surface area contributed by atoms with Gasteiger partial charge in [0.15, 0.2) is 5.76 Å². The van der Waals surface area contributed by atoms with Gasteiger partial charge in [-0.15, -0.1) is 0 Å². The van der Waals surface area contributed by atoms with E-state index in [1.54, 1.807) is 0 Å². The van der Waals surface area contributed by atoms with Crippen molar-refractivity contribution >= 4 is 0 Å². The van der Waals surface area contributed by atoms with E-state index in [0.717, 1.165) is 43.2 Å². The van der Waals surface area contributed by atoms with Crippen LogP contribution in [0, 0.1) is 0 Å². The predicted octanol–water partition coefficient (Wildman–Crippen LogP) is 1.46. The van der Waals surface area contributed by atoms with E-state index >= 15 is 0 Å². The zero-order chi connectivity index (χ0) is 13.5. The predicted molar refractivity (Wildman–Crippen MR) is 73.5 cm³/mol. The van der Waals surface area contributed by atoms with E-state index in [1.807, 2.05) is 37.5 Å². The van der Waals surface area contributed by atoms with Crippen molar-refractivity contribution in [3.63, 3.8) is 0 Å². The molecule has 102 valence electrons. The van der Waals surface area contributed by atoms with Gasteiger partial charge >= 0.3 is 0 Å². The first kappa shape index (κ1) is 13.7. The molecule has 2 rings (SSSR count). The maximum atomic E-state index is 5.29. The summed E-state index contributed by atoms with van der Waals surface area (Å²) in [6.45, 7) is 2.45. The van der Waals surface area contributed by atoms with Gasteiger partial charge in [0.2, 0.25) is 0 Å². The minimum Gasteiger partial charge on any atom is -0.360 e. The van der Waals surface area contributed by atoms with Crippen molar-refractivity contribution in [1.82, 2.24) is 20.4 Å². The van der Waals surface area contributed by atoms with Gasteiger partial charge in [-0.2, -0.15) is 0 Å². The van der Waals surface area contributed by atoms with Gasteiger partial charge in [-0.25, -0.2) is 0 Å². The molecule has 0 saturated carbocycles. The van der Waals surface area contributed by atoms with E-state index in [0.29, 0.717) is 0 Å². The zero-order valence-corrected chi connectivity index (χ0v) is 11.5. The molecule has 5 nitrogen and oxygen atoms in total. The molecule has 0 aliphatic carbocycles. The molecule has 0 saturated heterocycles. The lowest BCUT2D eigenvalue weighted by Gasteiger charge is -2.13. The van der Waals surface area contributed by atoms with E-state index in [2.05, 4.69) is 27.4 Å². The van der Waals surface area contributed by atoms with Crippen LogP contribution in [-0.2, 0) is 19.5 Å². The Balaban J connectivity index is 1.78. The molecule has 0 aromatic carbocycles. The summed E-state index contributed by atoms with van der Waals surface area (Å²) in [5.74, 6) is 0.897. The van der Waals surface area contributed by atoms with Gasteiger partial charge in [-0.1, -0.05) is 11.2 Å². The lowest BCUT2D eigenvalue weighted by Crippen LogP contribution is -2.20. The molecule has 0 fully saturated rings. The summed E-state index contributed by atoms with van der Waals surface area (Å²) in [7, 11) is 3.97. The van der Waals surface area contributed by atoms with Crippen LogP contribution in [0.2, 0.25) is 0 Å². The number of likely N-dealkylation sites (N-methyl/N-ethyl adjacent to an activating group) is 1. The first-order chi connectivity index (χ1) is 9.28. The maximum Gasteiger partial charge on any atom is 0.151 e. The standard InChI is InChI=1S/C14H20N4O/c1-15-10-13-9-14(19-17-13)11-18(2)8-6-12-5-3-4-7-16-12/h3-5,7,9,15H,6,8,10-11H2,1-2H3. The third-order valence-electron chi connectivity index (χ3n) is 2.87. The molecule has 0 aliphatic rings. The van der Waals surface area contributed by atoms with Crippen molar-refractivity contribution in [3.8, 4) is 0 Å². The van der Waals surface area contributed by atoms with Gasteiger partial charge in [-0.3, -0.25) is 9.88 Å². The van der Waals surface area contributed by atoms with Gasteiger partial charge < -0.3 is 9.84 Å². The fourth-order valence-corrected chi connectivity index (χ4v) is 1.89. The van der Waals surface area contributed by atoms with Crippen LogP contribution in [0.3, 0.4) is 0 Å².